The third-order valence-electron chi connectivity index (χ3n) is 2.51. The number of hydrogen-bond acceptors (Lipinski definition) is 2. The first kappa shape index (κ1) is 11.3. The smallest absolute Gasteiger partial charge is 0.299 e. The Morgan fingerprint density at radius 1 is 1.19 bits per heavy atom. The van der Waals surface area contributed by atoms with Crippen molar-refractivity contribution in [3.05, 3.63) is 28.2 Å². The Labute approximate surface area is 103 Å². The molecule has 1 aromatic carbocycles. The monoisotopic (exact) mass is 281 g/mol. The van der Waals surface area contributed by atoms with Crippen LogP contribution in [0.4, 0.5) is 5.69 Å². The second kappa shape index (κ2) is 3.42. The number of rotatable bonds is 0. The fourth-order valence-corrected chi connectivity index (χ4v) is 2.22. The van der Waals surface area contributed by atoms with E-state index in [9.17, 15) is 9.59 Å². The Morgan fingerprint density at radius 3 is 2.38 bits per heavy atom. The van der Waals surface area contributed by atoms with Gasteiger partial charge in [-0.3, -0.25) is 14.5 Å². The highest BCUT2D eigenvalue weighted by Gasteiger charge is 2.41. The molecule has 0 atom stereocenters. The average Bonchev–Trinajstić information content (AvgIpc) is 2.38. The van der Waals surface area contributed by atoms with Gasteiger partial charge in [-0.15, -0.1) is 0 Å². The van der Waals surface area contributed by atoms with Gasteiger partial charge >= 0.3 is 0 Å². The minimum absolute atomic E-state index is 0.390. The van der Waals surface area contributed by atoms with Gasteiger partial charge < -0.3 is 0 Å². The summed E-state index contributed by atoms with van der Waals surface area (Å²) in [5.41, 5.74) is 0.790. The van der Waals surface area contributed by atoms with Gasteiger partial charge in [-0.1, -0.05) is 15.9 Å². The number of carbonyl (C=O) groups excluding carboxylic acids is 2. The molecular weight excluding hydrogens is 270 g/mol. The molecule has 0 N–H and O–H groups in total. The van der Waals surface area contributed by atoms with Crippen LogP contribution in [0.1, 0.15) is 31.1 Å². The summed E-state index contributed by atoms with van der Waals surface area (Å²) in [4.78, 5) is 25.2. The molecule has 0 saturated carbocycles. The molecule has 4 heteroatoms. The van der Waals surface area contributed by atoms with Gasteiger partial charge in [0.2, 0.25) is 0 Å². The van der Waals surface area contributed by atoms with Gasteiger partial charge in [0.15, 0.2) is 0 Å². The minimum Gasteiger partial charge on any atom is -0.299 e. The van der Waals surface area contributed by atoms with Gasteiger partial charge in [0.05, 0.1) is 11.3 Å². The van der Waals surface area contributed by atoms with E-state index in [0.717, 1.165) is 4.47 Å². The molecule has 0 spiro atoms. The van der Waals surface area contributed by atoms with Crippen molar-refractivity contribution in [1.82, 2.24) is 0 Å². The number of halogens is 1. The highest BCUT2D eigenvalue weighted by Crippen LogP contribution is 2.36. The van der Waals surface area contributed by atoms with Gasteiger partial charge in [-0.2, -0.15) is 0 Å². The lowest BCUT2D eigenvalue weighted by Gasteiger charge is -2.31. The van der Waals surface area contributed by atoms with Crippen LogP contribution in [0.5, 0.6) is 0 Å². The molecular formula is C12H12BrNO2. The van der Waals surface area contributed by atoms with Crippen LogP contribution in [0, 0.1) is 0 Å². The molecule has 0 radical (unpaired) electrons. The van der Waals surface area contributed by atoms with Gasteiger partial charge in [0.25, 0.3) is 11.7 Å². The van der Waals surface area contributed by atoms with Crippen molar-refractivity contribution in [3.63, 3.8) is 0 Å². The van der Waals surface area contributed by atoms with Crippen molar-refractivity contribution in [1.29, 1.82) is 0 Å². The Hall–Kier alpha value is -1.16. The normalized spacial score (nSPS) is 15.6. The first-order valence-electron chi connectivity index (χ1n) is 5.01. The number of anilines is 1. The Morgan fingerprint density at radius 2 is 1.81 bits per heavy atom. The van der Waals surface area contributed by atoms with Crippen molar-refractivity contribution >= 4 is 33.3 Å². The van der Waals surface area contributed by atoms with Crippen LogP contribution in [0.25, 0.3) is 0 Å². The number of amides is 1. The molecule has 1 amide bonds. The topological polar surface area (TPSA) is 37.4 Å². The number of Topliss-reactive ketones (excluding diaryl/α,β-unsaturated/α-hetero) is 1. The second-order valence-electron chi connectivity index (χ2n) is 4.80. The molecule has 0 fully saturated rings. The molecule has 0 aliphatic carbocycles. The third kappa shape index (κ3) is 1.57. The molecule has 2 rings (SSSR count). The first-order valence-corrected chi connectivity index (χ1v) is 5.80. The largest absolute Gasteiger partial charge is 0.299 e. The maximum Gasteiger partial charge on any atom is 0.299 e. The number of nitrogens with zero attached hydrogens (tertiary/aromatic N) is 1. The van der Waals surface area contributed by atoms with Gasteiger partial charge in [-0.05, 0) is 39.0 Å². The molecule has 1 aromatic rings. The summed E-state index contributed by atoms with van der Waals surface area (Å²) in [5, 5.41) is 0. The van der Waals surface area contributed by atoms with Crippen LogP contribution in [-0.4, -0.2) is 17.2 Å². The lowest BCUT2D eigenvalue weighted by molar-refractivity contribution is -0.115. The summed E-state index contributed by atoms with van der Waals surface area (Å²) in [6.45, 7) is 5.73. The van der Waals surface area contributed by atoms with Crippen LogP contribution in [-0.2, 0) is 4.79 Å². The number of hydrogen-bond donors (Lipinski definition) is 0. The fourth-order valence-electron chi connectivity index (χ4n) is 1.87. The standard InChI is InChI=1S/C12H12BrNO2/c1-12(2,3)14-9-6-7(13)4-5-8(9)10(15)11(14)16/h4-6H,1-3H3. The molecule has 1 aliphatic rings. The van der Waals surface area contributed by atoms with Crippen LogP contribution < -0.4 is 4.90 Å². The number of fused-ring (bicyclic) bond motifs is 1. The minimum atomic E-state index is -0.444. The average molecular weight is 282 g/mol. The van der Waals surface area contributed by atoms with E-state index >= 15 is 0 Å². The van der Waals surface area contributed by atoms with Crippen molar-refractivity contribution in [3.8, 4) is 0 Å². The maximum absolute atomic E-state index is 11.9. The molecule has 84 valence electrons. The Kier molecular flexibility index (Phi) is 2.42. The lowest BCUT2D eigenvalue weighted by Crippen LogP contribution is -2.44. The van der Waals surface area contributed by atoms with Crippen LogP contribution in [0.3, 0.4) is 0 Å². The zero-order chi connectivity index (χ0) is 12.1. The van der Waals surface area contributed by atoms with E-state index in [4.69, 9.17) is 0 Å². The van der Waals surface area contributed by atoms with E-state index in [2.05, 4.69) is 15.9 Å². The Balaban J connectivity index is 2.65. The number of ketones is 1. The highest BCUT2D eigenvalue weighted by molar-refractivity contribution is 9.10. The molecule has 0 aromatic heterocycles. The summed E-state index contributed by atoms with van der Waals surface area (Å²) in [6, 6.07) is 5.27. The van der Waals surface area contributed by atoms with E-state index < -0.39 is 17.2 Å². The number of benzene rings is 1. The zero-order valence-electron chi connectivity index (χ0n) is 9.37. The molecule has 0 unspecified atom stereocenters. The summed E-state index contributed by atoms with van der Waals surface area (Å²) < 4.78 is 0.864. The number of carbonyl (C=O) groups is 2. The van der Waals surface area contributed by atoms with Crippen molar-refractivity contribution in [2.45, 2.75) is 26.3 Å². The van der Waals surface area contributed by atoms with Crippen molar-refractivity contribution in [2.24, 2.45) is 0 Å². The lowest BCUT2D eigenvalue weighted by atomic mass is 10.1. The predicted molar refractivity (Wildman–Crippen MR) is 65.7 cm³/mol. The third-order valence-corrected chi connectivity index (χ3v) is 3.01. The summed E-state index contributed by atoms with van der Waals surface area (Å²) in [5.74, 6) is -0.863. The van der Waals surface area contributed by atoms with Crippen molar-refractivity contribution < 1.29 is 9.59 Å². The van der Waals surface area contributed by atoms with Crippen molar-refractivity contribution in [2.75, 3.05) is 4.90 Å². The SMILES string of the molecule is CC(C)(C)N1C(=O)C(=O)c2ccc(Br)cc21. The molecule has 16 heavy (non-hydrogen) atoms. The quantitative estimate of drug-likeness (QED) is 0.686. The van der Waals surface area contributed by atoms with Gasteiger partial charge in [-0.25, -0.2) is 0 Å². The highest BCUT2D eigenvalue weighted by atomic mass is 79.9. The van der Waals surface area contributed by atoms with Gasteiger partial charge in [0, 0.05) is 10.0 Å². The van der Waals surface area contributed by atoms with E-state index in [1.54, 1.807) is 17.0 Å². The summed E-state index contributed by atoms with van der Waals surface area (Å²) >= 11 is 3.35. The van der Waals surface area contributed by atoms with Crippen LogP contribution in [0.2, 0.25) is 0 Å². The zero-order valence-corrected chi connectivity index (χ0v) is 11.0. The summed E-state index contributed by atoms with van der Waals surface area (Å²) in [6.07, 6.45) is 0. The molecule has 1 aliphatic heterocycles. The van der Waals surface area contributed by atoms with E-state index in [1.807, 2.05) is 26.8 Å². The maximum atomic E-state index is 11.9. The van der Waals surface area contributed by atoms with E-state index in [1.165, 1.54) is 0 Å². The molecule has 3 nitrogen and oxygen atoms in total. The molecule has 0 saturated heterocycles. The van der Waals surface area contributed by atoms with E-state index in [0.29, 0.717) is 11.3 Å². The van der Waals surface area contributed by atoms with Gasteiger partial charge in [0.1, 0.15) is 0 Å². The summed E-state index contributed by atoms with van der Waals surface area (Å²) in [7, 11) is 0. The first-order chi connectivity index (χ1) is 7.32. The molecule has 0 bridgehead atoms. The van der Waals surface area contributed by atoms with Crippen LogP contribution in [0.15, 0.2) is 22.7 Å². The second-order valence-corrected chi connectivity index (χ2v) is 5.72. The fraction of sp³-hybridized carbons (Fsp3) is 0.333. The Bertz CT molecular complexity index is 488. The van der Waals surface area contributed by atoms with E-state index in [-0.39, 0.29) is 0 Å². The predicted octanol–water partition coefficient (Wildman–Crippen LogP) is 2.78. The molecule has 1 heterocycles. The van der Waals surface area contributed by atoms with Crippen LogP contribution >= 0.6 is 15.9 Å².